The van der Waals surface area contributed by atoms with Crippen molar-refractivity contribution < 1.29 is 8.83 Å². The van der Waals surface area contributed by atoms with Gasteiger partial charge in [-0.1, -0.05) is 47.5 Å². The van der Waals surface area contributed by atoms with Gasteiger partial charge in [0.1, 0.15) is 11.0 Å². The highest BCUT2D eigenvalue weighted by molar-refractivity contribution is 5.86. The third-order valence-corrected chi connectivity index (χ3v) is 5.71. The van der Waals surface area contributed by atoms with Crippen molar-refractivity contribution >= 4 is 22.2 Å². The number of nitrogens with zero attached hydrogens (tertiary/aromatic N) is 2. The molecular weight excluding hydrogens is 396 g/mol. The number of hydrogen-bond donors (Lipinski definition) is 0. The second kappa shape index (κ2) is 7.20. The Labute approximate surface area is 185 Å². The number of aryl methyl sites for hydroxylation is 2. The number of aromatic nitrogens is 2. The van der Waals surface area contributed by atoms with Gasteiger partial charge in [0.05, 0.1) is 0 Å². The third-order valence-electron chi connectivity index (χ3n) is 5.71. The van der Waals surface area contributed by atoms with E-state index < -0.39 is 0 Å². The van der Waals surface area contributed by atoms with Crippen LogP contribution in [0.2, 0.25) is 0 Å². The Morgan fingerprint density at radius 3 is 1.25 bits per heavy atom. The SMILES string of the molecule is Cc1ccc(-c2nc3ccc(-c4ccc5nc(-c6ccc(C)cc6)oc5c4)cc3o2)cc1. The smallest absolute Gasteiger partial charge is 0.227 e. The summed E-state index contributed by atoms with van der Waals surface area (Å²) in [5.74, 6) is 1.26. The second-order valence-corrected chi connectivity index (χ2v) is 8.14. The molecule has 0 spiro atoms. The number of oxazole rings is 2. The Kier molecular flexibility index (Phi) is 4.18. The molecule has 4 nitrogen and oxygen atoms in total. The fourth-order valence-electron chi connectivity index (χ4n) is 3.85. The Morgan fingerprint density at radius 1 is 0.469 bits per heavy atom. The molecule has 4 heteroatoms. The first kappa shape index (κ1) is 18.6. The summed E-state index contributed by atoms with van der Waals surface area (Å²) in [4.78, 5) is 9.29. The van der Waals surface area contributed by atoms with Crippen LogP contribution in [0.4, 0.5) is 0 Å². The first-order valence-corrected chi connectivity index (χ1v) is 10.6. The Hall–Kier alpha value is -4.18. The van der Waals surface area contributed by atoms with Crippen LogP contribution in [-0.2, 0) is 0 Å². The summed E-state index contributed by atoms with van der Waals surface area (Å²) < 4.78 is 12.1. The van der Waals surface area contributed by atoms with Crippen LogP contribution >= 0.6 is 0 Å². The van der Waals surface area contributed by atoms with Crippen molar-refractivity contribution in [1.29, 1.82) is 0 Å². The summed E-state index contributed by atoms with van der Waals surface area (Å²) in [6.07, 6.45) is 0. The van der Waals surface area contributed by atoms with E-state index >= 15 is 0 Å². The summed E-state index contributed by atoms with van der Waals surface area (Å²) >= 11 is 0. The third kappa shape index (κ3) is 3.26. The molecule has 32 heavy (non-hydrogen) atoms. The highest BCUT2D eigenvalue weighted by Gasteiger charge is 2.12. The molecule has 0 bridgehead atoms. The minimum atomic E-state index is 0.630. The van der Waals surface area contributed by atoms with E-state index in [1.807, 2.05) is 48.5 Å². The molecule has 0 radical (unpaired) electrons. The van der Waals surface area contributed by atoms with Crippen LogP contribution in [0.5, 0.6) is 0 Å². The molecule has 4 aromatic carbocycles. The largest absolute Gasteiger partial charge is 0.436 e. The fourth-order valence-corrected chi connectivity index (χ4v) is 3.85. The van der Waals surface area contributed by atoms with Crippen molar-refractivity contribution in [2.75, 3.05) is 0 Å². The fraction of sp³-hybridized carbons (Fsp3) is 0.0714. The lowest BCUT2D eigenvalue weighted by Gasteiger charge is -2.00. The average molecular weight is 416 g/mol. The molecular formula is C28H20N2O2. The molecule has 0 aliphatic carbocycles. The van der Waals surface area contributed by atoms with Gasteiger partial charge >= 0.3 is 0 Å². The molecule has 0 saturated heterocycles. The zero-order chi connectivity index (χ0) is 21.7. The lowest BCUT2D eigenvalue weighted by Crippen LogP contribution is -1.79. The van der Waals surface area contributed by atoms with Gasteiger partial charge in [0.25, 0.3) is 0 Å². The standard InChI is InChI=1S/C28H20N2O2/c1-17-3-7-19(8-4-17)27-29-23-13-11-21(15-25(23)31-27)22-12-14-24-26(16-22)32-28(30-24)20-9-5-18(2)6-10-20/h3-16H,1-2H3. The van der Waals surface area contributed by atoms with Crippen molar-refractivity contribution in [1.82, 2.24) is 9.97 Å². The van der Waals surface area contributed by atoms with E-state index in [9.17, 15) is 0 Å². The molecule has 0 aliphatic heterocycles. The first-order chi connectivity index (χ1) is 15.6. The van der Waals surface area contributed by atoms with Crippen LogP contribution in [0, 0.1) is 13.8 Å². The van der Waals surface area contributed by atoms with Gasteiger partial charge in [0.15, 0.2) is 11.2 Å². The van der Waals surface area contributed by atoms with Gasteiger partial charge in [-0.3, -0.25) is 0 Å². The average Bonchev–Trinajstić information content (AvgIpc) is 3.43. The predicted octanol–water partition coefficient (Wildman–Crippen LogP) is 7.59. The molecule has 154 valence electrons. The zero-order valence-electron chi connectivity index (χ0n) is 17.8. The van der Waals surface area contributed by atoms with Crippen LogP contribution in [0.3, 0.4) is 0 Å². The Balaban J connectivity index is 1.37. The molecule has 0 fully saturated rings. The summed E-state index contributed by atoms with van der Waals surface area (Å²) in [5.41, 5.74) is 9.64. The Morgan fingerprint density at radius 2 is 0.844 bits per heavy atom. The van der Waals surface area contributed by atoms with Gasteiger partial charge in [0.2, 0.25) is 11.8 Å². The number of hydrogen-bond acceptors (Lipinski definition) is 4. The molecule has 0 atom stereocenters. The van der Waals surface area contributed by atoms with E-state index in [-0.39, 0.29) is 0 Å². The van der Waals surface area contributed by atoms with Gasteiger partial charge in [0, 0.05) is 11.1 Å². The normalized spacial score (nSPS) is 11.4. The van der Waals surface area contributed by atoms with Crippen LogP contribution < -0.4 is 0 Å². The minimum Gasteiger partial charge on any atom is -0.436 e. The molecule has 0 N–H and O–H groups in total. The summed E-state index contributed by atoms with van der Waals surface area (Å²) in [7, 11) is 0. The van der Waals surface area contributed by atoms with E-state index in [4.69, 9.17) is 8.83 Å². The summed E-state index contributed by atoms with van der Waals surface area (Å²) in [6.45, 7) is 4.13. The molecule has 0 unspecified atom stereocenters. The van der Waals surface area contributed by atoms with Crippen LogP contribution in [0.15, 0.2) is 93.8 Å². The highest BCUT2D eigenvalue weighted by Crippen LogP contribution is 2.32. The topological polar surface area (TPSA) is 52.1 Å². The van der Waals surface area contributed by atoms with Crippen molar-refractivity contribution in [2.45, 2.75) is 13.8 Å². The van der Waals surface area contributed by atoms with E-state index in [1.165, 1.54) is 11.1 Å². The van der Waals surface area contributed by atoms with Gasteiger partial charge in [-0.2, -0.15) is 0 Å². The first-order valence-electron chi connectivity index (χ1n) is 10.6. The van der Waals surface area contributed by atoms with Crippen LogP contribution in [-0.4, -0.2) is 9.97 Å². The van der Waals surface area contributed by atoms with E-state index in [1.54, 1.807) is 0 Å². The van der Waals surface area contributed by atoms with Crippen LogP contribution in [0.25, 0.3) is 56.2 Å². The van der Waals surface area contributed by atoms with Crippen molar-refractivity contribution in [3.63, 3.8) is 0 Å². The highest BCUT2D eigenvalue weighted by atomic mass is 16.4. The maximum atomic E-state index is 6.07. The molecule has 0 amide bonds. The second-order valence-electron chi connectivity index (χ2n) is 8.14. The van der Waals surface area contributed by atoms with E-state index in [0.29, 0.717) is 11.8 Å². The molecule has 0 saturated carbocycles. The van der Waals surface area contributed by atoms with E-state index in [2.05, 4.69) is 60.2 Å². The van der Waals surface area contributed by atoms with Gasteiger partial charge in [-0.05, 0) is 73.5 Å². The molecule has 2 aromatic heterocycles. The maximum Gasteiger partial charge on any atom is 0.227 e. The summed E-state index contributed by atoms with van der Waals surface area (Å²) in [5, 5.41) is 0. The van der Waals surface area contributed by atoms with Crippen molar-refractivity contribution in [3.8, 4) is 34.0 Å². The lowest BCUT2D eigenvalue weighted by atomic mass is 10.1. The van der Waals surface area contributed by atoms with Crippen LogP contribution in [0.1, 0.15) is 11.1 Å². The number of benzene rings is 4. The molecule has 2 heterocycles. The predicted molar refractivity (Wildman–Crippen MR) is 127 cm³/mol. The monoisotopic (exact) mass is 416 g/mol. The quantitative estimate of drug-likeness (QED) is 0.298. The molecule has 0 aliphatic rings. The molecule has 6 rings (SSSR count). The lowest BCUT2D eigenvalue weighted by molar-refractivity contribution is 0.619. The van der Waals surface area contributed by atoms with Crippen molar-refractivity contribution in [3.05, 3.63) is 96.1 Å². The molecule has 6 aromatic rings. The van der Waals surface area contributed by atoms with E-state index in [0.717, 1.165) is 44.5 Å². The van der Waals surface area contributed by atoms with Gasteiger partial charge in [-0.15, -0.1) is 0 Å². The maximum absolute atomic E-state index is 6.07. The van der Waals surface area contributed by atoms with Gasteiger partial charge in [-0.25, -0.2) is 9.97 Å². The number of rotatable bonds is 3. The van der Waals surface area contributed by atoms with Gasteiger partial charge < -0.3 is 8.83 Å². The number of fused-ring (bicyclic) bond motifs is 2. The minimum absolute atomic E-state index is 0.630. The Bertz CT molecular complexity index is 1450. The van der Waals surface area contributed by atoms with Crippen molar-refractivity contribution in [2.24, 2.45) is 0 Å². The zero-order valence-corrected chi connectivity index (χ0v) is 17.8. The summed E-state index contributed by atoms with van der Waals surface area (Å²) in [6, 6.07) is 28.5.